The molecule has 8 aromatic carbocycles. The Morgan fingerprint density at radius 3 is 1.96 bits per heavy atom. The van der Waals surface area contributed by atoms with E-state index in [0.29, 0.717) is 0 Å². The van der Waals surface area contributed by atoms with Crippen molar-refractivity contribution in [2.75, 3.05) is 9.80 Å². The predicted molar refractivity (Wildman–Crippen MR) is 228 cm³/mol. The first-order valence-electron chi connectivity index (χ1n) is 18.5. The number of rotatable bonds is 7. The Hall–Kier alpha value is -7.10. The lowest BCUT2D eigenvalue weighted by Crippen LogP contribution is -2.15. The molecule has 3 heteroatoms. The van der Waals surface area contributed by atoms with Crippen molar-refractivity contribution in [3.63, 3.8) is 0 Å². The molecule has 9 aromatic rings. The zero-order chi connectivity index (χ0) is 35.8. The van der Waals surface area contributed by atoms with Crippen LogP contribution in [-0.2, 0) is 0 Å². The Bertz CT molecular complexity index is 2880. The molecular formula is C51H36N2O. The number of hydrogen-bond acceptors (Lipinski definition) is 3. The first-order valence-corrected chi connectivity index (χ1v) is 18.5. The van der Waals surface area contributed by atoms with E-state index in [-0.39, 0.29) is 0 Å². The van der Waals surface area contributed by atoms with Gasteiger partial charge in [0.2, 0.25) is 0 Å². The normalized spacial score (nSPS) is 12.7. The van der Waals surface area contributed by atoms with Crippen LogP contribution in [0.4, 0.5) is 28.4 Å². The summed E-state index contributed by atoms with van der Waals surface area (Å²) in [5.74, 6) is 0. The van der Waals surface area contributed by atoms with Crippen molar-refractivity contribution in [1.82, 2.24) is 0 Å². The highest BCUT2D eigenvalue weighted by atomic mass is 16.3. The minimum atomic E-state index is 0.868. The number of anilines is 5. The Labute approximate surface area is 314 Å². The van der Waals surface area contributed by atoms with Crippen LogP contribution in [0.3, 0.4) is 0 Å². The first kappa shape index (κ1) is 31.6. The van der Waals surface area contributed by atoms with E-state index in [0.717, 1.165) is 84.4 Å². The van der Waals surface area contributed by atoms with Crippen LogP contribution in [0.1, 0.15) is 6.42 Å². The third-order valence-electron chi connectivity index (χ3n) is 10.4. The third-order valence-corrected chi connectivity index (χ3v) is 10.4. The van der Waals surface area contributed by atoms with E-state index >= 15 is 0 Å². The van der Waals surface area contributed by atoms with Gasteiger partial charge in [0.05, 0.1) is 5.69 Å². The molecule has 0 aliphatic heterocycles. The molecule has 0 spiro atoms. The van der Waals surface area contributed by atoms with Gasteiger partial charge in [-0.1, -0.05) is 133 Å². The van der Waals surface area contributed by atoms with Gasteiger partial charge in [0.15, 0.2) is 0 Å². The monoisotopic (exact) mass is 692 g/mol. The van der Waals surface area contributed by atoms with E-state index in [1.807, 2.05) is 0 Å². The molecule has 0 radical (unpaired) electrons. The molecule has 1 aliphatic rings. The summed E-state index contributed by atoms with van der Waals surface area (Å²) in [5, 5.41) is 6.82. The smallest absolute Gasteiger partial charge is 0.143 e. The van der Waals surface area contributed by atoms with Crippen LogP contribution in [0.15, 0.2) is 216 Å². The number of para-hydroxylation sites is 2. The molecule has 1 heterocycles. The highest BCUT2D eigenvalue weighted by molar-refractivity contribution is 6.22. The van der Waals surface area contributed by atoms with Gasteiger partial charge in [-0.05, 0) is 101 Å². The molecule has 3 nitrogen and oxygen atoms in total. The van der Waals surface area contributed by atoms with Gasteiger partial charge in [-0.3, -0.25) is 0 Å². The number of hydrogen-bond donors (Lipinski definition) is 0. The molecule has 0 unspecified atom stereocenters. The largest absolute Gasteiger partial charge is 0.455 e. The lowest BCUT2D eigenvalue weighted by Gasteiger charge is -2.28. The highest BCUT2D eigenvalue weighted by Crippen LogP contribution is 2.46. The summed E-state index contributed by atoms with van der Waals surface area (Å²) in [5.41, 5.74) is 10.6. The average Bonchev–Trinajstić information content (AvgIpc) is 3.41. The molecule has 0 saturated heterocycles. The molecule has 0 fully saturated rings. The van der Waals surface area contributed by atoms with Crippen LogP contribution >= 0.6 is 0 Å². The van der Waals surface area contributed by atoms with Crippen LogP contribution in [0.2, 0.25) is 0 Å². The summed E-state index contributed by atoms with van der Waals surface area (Å²) in [4.78, 5) is 4.71. The molecule has 256 valence electrons. The molecule has 1 aliphatic carbocycles. The fourth-order valence-corrected chi connectivity index (χ4v) is 7.93. The highest BCUT2D eigenvalue weighted by Gasteiger charge is 2.23. The van der Waals surface area contributed by atoms with Gasteiger partial charge < -0.3 is 14.2 Å². The van der Waals surface area contributed by atoms with Crippen molar-refractivity contribution in [1.29, 1.82) is 0 Å². The Kier molecular flexibility index (Phi) is 7.88. The van der Waals surface area contributed by atoms with Crippen molar-refractivity contribution >= 4 is 71.9 Å². The first-order chi connectivity index (χ1) is 26.8. The van der Waals surface area contributed by atoms with Crippen LogP contribution in [-0.4, -0.2) is 0 Å². The summed E-state index contributed by atoms with van der Waals surface area (Å²) in [6, 6.07) is 62.7. The Morgan fingerprint density at radius 2 is 1.15 bits per heavy atom. The summed E-state index contributed by atoms with van der Waals surface area (Å²) in [6.45, 7) is 0. The zero-order valence-electron chi connectivity index (χ0n) is 29.6. The number of nitrogens with zero attached hydrogens (tertiary/aromatic N) is 2. The van der Waals surface area contributed by atoms with E-state index in [2.05, 4.69) is 216 Å². The quantitative estimate of drug-likeness (QED) is 0.166. The standard InChI is InChI=1S/C51H36N2O/c1-2-6-25-41(24-5-1)53(43-32-31-36-17-11-12-18-37(36)33-43)48-35-47-50-44(29-16-30-49(50)54-51(47)46-28-14-13-27-45(46)48)38-19-15-26-42(34-38)52(39-20-7-3-8-21-39)40-22-9-4-10-23-40/h1,3-35H,2H2. The second-order valence-corrected chi connectivity index (χ2v) is 13.7. The van der Waals surface area contributed by atoms with Crippen LogP contribution in [0.25, 0.3) is 54.6 Å². The topological polar surface area (TPSA) is 19.6 Å². The molecule has 0 atom stereocenters. The van der Waals surface area contributed by atoms with E-state index in [1.54, 1.807) is 0 Å². The second kappa shape index (κ2) is 13.5. The molecule has 1 aromatic heterocycles. The maximum atomic E-state index is 6.84. The Balaban J connectivity index is 1.21. The summed E-state index contributed by atoms with van der Waals surface area (Å²) < 4.78 is 6.84. The van der Waals surface area contributed by atoms with Crippen molar-refractivity contribution in [2.45, 2.75) is 6.42 Å². The van der Waals surface area contributed by atoms with E-state index in [9.17, 15) is 0 Å². The molecule has 0 bridgehead atoms. The van der Waals surface area contributed by atoms with Gasteiger partial charge in [0.1, 0.15) is 11.2 Å². The van der Waals surface area contributed by atoms with Gasteiger partial charge in [-0.15, -0.1) is 0 Å². The average molecular weight is 693 g/mol. The molecule has 0 N–H and O–H groups in total. The minimum Gasteiger partial charge on any atom is -0.455 e. The molecule has 0 amide bonds. The SMILES string of the molecule is C1=CCC=CC(N(c2ccc3ccccc3c2)c2cc3c(oc4cccc(-c5cccc(N(c6ccccc6)c6ccccc6)c5)c43)c3ccccc23)=C1. The maximum absolute atomic E-state index is 6.84. The number of furan rings is 1. The van der Waals surface area contributed by atoms with Crippen molar-refractivity contribution in [3.05, 3.63) is 212 Å². The molecular weight excluding hydrogens is 657 g/mol. The fourth-order valence-electron chi connectivity index (χ4n) is 7.93. The minimum absolute atomic E-state index is 0.868. The lowest BCUT2D eigenvalue weighted by molar-refractivity contribution is 0.673. The summed E-state index contributed by atoms with van der Waals surface area (Å²) >= 11 is 0. The number of benzene rings is 8. The van der Waals surface area contributed by atoms with Gasteiger partial charge in [-0.25, -0.2) is 0 Å². The van der Waals surface area contributed by atoms with E-state index in [4.69, 9.17) is 4.42 Å². The molecule has 54 heavy (non-hydrogen) atoms. The number of fused-ring (bicyclic) bond motifs is 6. The third kappa shape index (κ3) is 5.55. The van der Waals surface area contributed by atoms with Gasteiger partial charge >= 0.3 is 0 Å². The van der Waals surface area contributed by atoms with Crippen LogP contribution in [0.5, 0.6) is 0 Å². The maximum Gasteiger partial charge on any atom is 0.143 e. The zero-order valence-corrected chi connectivity index (χ0v) is 29.6. The van der Waals surface area contributed by atoms with Crippen molar-refractivity contribution in [2.24, 2.45) is 0 Å². The van der Waals surface area contributed by atoms with E-state index in [1.165, 1.54) is 10.8 Å². The van der Waals surface area contributed by atoms with Gasteiger partial charge in [0, 0.05) is 50.0 Å². The predicted octanol–water partition coefficient (Wildman–Crippen LogP) is 14.6. The van der Waals surface area contributed by atoms with Gasteiger partial charge in [-0.2, -0.15) is 0 Å². The van der Waals surface area contributed by atoms with Crippen LogP contribution < -0.4 is 9.80 Å². The summed E-state index contributed by atoms with van der Waals surface area (Å²) in [7, 11) is 0. The van der Waals surface area contributed by atoms with Gasteiger partial charge in [0.25, 0.3) is 0 Å². The van der Waals surface area contributed by atoms with E-state index < -0.39 is 0 Å². The second-order valence-electron chi connectivity index (χ2n) is 13.7. The fraction of sp³-hybridized carbons (Fsp3) is 0.0196. The van der Waals surface area contributed by atoms with Crippen LogP contribution in [0, 0.1) is 0 Å². The van der Waals surface area contributed by atoms with Crippen molar-refractivity contribution < 1.29 is 4.42 Å². The number of allylic oxidation sites excluding steroid dienone is 5. The lowest BCUT2D eigenvalue weighted by atomic mass is 9.96. The Morgan fingerprint density at radius 1 is 0.463 bits per heavy atom. The summed E-state index contributed by atoms with van der Waals surface area (Å²) in [6.07, 6.45) is 11.9. The molecule has 10 rings (SSSR count). The molecule has 0 saturated carbocycles. The van der Waals surface area contributed by atoms with Crippen molar-refractivity contribution in [3.8, 4) is 11.1 Å².